The second-order valence-electron chi connectivity index (χ2n) is 12.6. The first-order valence-electron chi connectivity index (χ1n) is 16.3. The Bertz CT molecular complexity index is 1420. The number of imide groups is 1. The standard InChI is InChI=1S/C35H44FN3O6/c1-4-6-25(7-5-2)39(26-9-10-28(36)22(3)18-26)33(42)21-37-20-27(23-8-11-30-24(19-23)15-17-45-30)34(35(43)44)29(37)14-16-38-31(40)12-13-32(38)41/h8-11,18-19,25,27,29,34H,4-7,12-17,20-21H2,1-3H3,(H,43,44)/t27-,29+,34-/m1/s1. The highest BCUT2D eigenvalue weighted by Gasteiger charge is 2.48. The van der Waals surface area contributed by atoms with E-state index in [9.17, 15) is 28.7 Å². The van der Waals surface area contributed by atoms with Crippen LogP contribution in [-0.2, 0) is 25.6 Å². The number of carbonyl (C=O) groups excluding carboxylic acids is 3. The summed E-state index contributed by atoms with van der Waals surface area (Å²) in [5.74, 6) is -2.44. The molecule has 0 aliphatic carbocycles. The molecule has 45 heavy (non-hydrogen) atoms. The number of fused-ring (bicyclic) bond motifs is 1. The zero-order valence-electron chi connectivity index (χ0n) is 26.5. The number of aryl methyl sites for hydroxylation is 1. The lowest BCUT2D eigenvalue weighted by atomic mass is 9.83. The third-order valence-corrected chi connectivity index (χ3v) is 9.61. The van der Waals surface area contributed by atoms with Gasteiger partial charge in [-0.15, -0.1) is 0 Å². The van der Waals surface area contributed by atoms with Gasteiger partial charge in [-0.05, 0) is 67.1 Å². The van der Waals surface area contributed by atoms with Crippen molar-refractivity contribution in [2.24, 2.45) is 5.92 Å². The van der Waals surface area contributed by atoms with Crippen LogP contribution in [0.15, 0.2) is 36.4 Å². The summed E-state index contributed by atoms with van der Waals surface area (Å²) in [6.45, 7) is 6.81. The van der Waals surface area contributed by atoms with Crippen molar-refractivity contribution in [3.63, 3.8) is 0 Å². The largest absolute Gasteiger partial charge is 0.493 e. The van der Waals surface area contributed by atoms with Crippen LogP contribution in [0.4, 0.5) is 10.1 Å². The van der Waals surface area contributed by atoms with Gasteiger partial charge in [-0.1, -0.05) is 38.8 Å². The van der Waals surface area contributed by atoms with Gasteiger partial charge in [0.1, 0.15) is 11.6 Å². The zero-order chi connectivity index (χ0) is 32.2. The normalized spacial score (nSPS) is 21.4. The predicted molar refractivity (Wildman–Crippen MR) is 168 cm³/mol. The second-order valence-corrected chi connectivity index (χ2v) is 12.6. The summed E-state index contributed by atoms with van der Waals surface area (Å²) < 4.78 is 20.0. The predicted octanol–water partition coefficient (Wildman–Crippen LogP) is 5.08. The van der Waals surface area contributed by atoms with Gasteiger partial charge in [-0.25, -0.2) is 4.39 Å². The molecule has 2 aromatic rings. The number of halogens is 1. The van der Waals surface area contributed by atoms with Gasteiger partial charge in [-0.2, -0.15) is 0 Å². The molecule has 3 heterocycles. The molecule has 0 saturated carbocycles. The molecule has 9 nitrogen and oxygen atoms in total. The van der Waals surface area contributed by atoms with E-state index < -0.39 is 23.8 Å². The van der Waals surface area contributed by atoms with Crippen molar-refractivity contribution in [3.8, 4) is 5.75 Å². The molecule has 1 N–H and O–H groups in total. The first-order valence-corrected chi connectivity index (χ1v) is 16.3. The van der Waals surface area contributed by atoms with Gasteiger partial charge in [0.05, 0.1) is 19.1 Å². The minimum Gasteiger partial charge on any atom is -0.493 e. The Morgan fingerprint density at radius 2 is 1.76 bits per heavy atom. The average Bonchev–Trinajstić information content (AvgIpc) is 3.71. The van der Waals surface area contributed by atoms with Gasteiger partial charge < -0.3 is 14.7 Å². The molecule has 2 aromatic carbocycles. The molecule has 3 atom stereocenters. The second kappa shape index (κ2) is 14.1. The zero-order valence-corrected chi connectivity index (χ0v) is 26.5. The molecule has 3 amide bonds. The highest BCUT2D eigenvalue weighted by Crippen LogP contribution is 2.41. The van der Waals surface area contributed by atoms with E-state index in [-0.39, 0.29) is 61.9 Å². The van der Waals surface area contributed by atoms with Gasteiger partial charge in [-0.3, -0.25) is 29.0 Å². The van der Waals surface area contributed by atoms with Crippen molar-refractivity contribution in [2.75, 3.05) is 31.1 Å². The maximum absolute atomic E-state index is 14.4. The van der Waals surface area contributed by atoms with Gasteiger partial charge in [0.15, 0.2) is 0 Å². The van der Waals surface area contributed by atoms with E-state index in [1.54, 1.807) is 24.0 Å². The Morgan fingerprint density at radius 1 is 1.04 bits per heavy atom. The van der Waals surface area contributed by atoms with E-state index in [0.29, 0.717) is 24.4 Å². The number of rotatable bonds is 13. The van der Waals surface area contributed by atoms with Gasteiger partial charge in [0, 0.05) is 56.0 Å². The van der Waals surface area contributed by atoms with E-state index in [2.05, 4.69) is 13.8 Å². The fraction of sp³-hybridized carbons (Fsp3) is 0.543. The monoisotopic (exact) mass is 621 g/mol. The summed E-state index contributed by atoms with van der Waals surface area (Å²) in [6.07, 6.45) is 4.60. The number of benzene rings is 2. The van der Waals surface area contributed by atoms with Crippen molar-refractivity contribution in [1.29, 1.82) is 0 Å². The van der Waals surface area contributed by atoms with Crippen LogP contribution in [0.3, 0.4) is 0 Å². The number of ether oxygens (including phenoxy) is 1. The van der Waals surface area contributed by atoms with Crippen molar-refractivity contribution >= 4 is 29.4 Å². The van der Waals surface area contributed by atoms with Crippen LogP contribution >= 0.6 is 0 Å². The molecule has 2 fully saturated rings. The van der Waals surface area contributed by atoms with E-state index >= 15 is 0 Å². The van der Waals surface area contributed by atoms with E-state index in [1.807, 2.05) is 23.1 Å². The van der Waals surface area contributed by atoms with Crippen molar-refractivity contribution < 1.29 is 33.4 Å². The molecule has 3 aliphatic heterocycles. The number of nitrogens with zero attached hydrogens (tertiary/aromatic N) is 3. The number of hydrogen-bond donors (Lipinski definition) is 1. The maximum Gasteiger partial charge on any atom is 0.308 e. The number of carbonyl (C=O) groups is 4. The van der Waals surface area contributed by atoms with Crippen molar-refractivity contribution in [1.82, 2.24) is 9.80 Å². The average molecular weight is 622 g/mol. The first kappa shape index (κ1) is 32.6. The Labute approximate surface area is 264 Å². The molecule has 0 bridgehead atoms. The van der Waals surface area contributed by atoms with Gasteiger partial charge in [0.25, 0.3) is 0 Å². The Hall–Kier alpha value is -3.79. The number of aliphatic carboxylic acids is 1. The molecule has 0 unspecified atom stereocenters. The number of amides is 3. The number of hydrogen-bond acceptors (Lipinski definition) is 6. The summed E-state index contributed by atoms with van der Waals surface area (Å²) in [4.78, 5) is 57.1. The fourth-order valence-corrected chi connectivity index (χ4v) is 7.42. The third kappa shape index (κ3) is 6.90. The van der Waals surface area contributed by atoms with Crippen LogP contribution in [0.25, 0.3) is 0 Å². The van der Waals surface area contributed by atoms with E-state index in [0.717, 1.165) is 49.0 Å². The molecule has 10 heteroatoms. The van der Waals surface area contributed by atoms with E-state index in [4.69, 9.17) is 4.74 Å². The molecule has 0 spiro atoms. The SMILES string of the molecule is CCCC(CCC)N(C(=O)CN1C[C@H](c2ccc3c(c2)CCO3)[C@@H](C(=O)O)[C@@H]1CCN1C(=O)CCC1=O)c1ccc(F)c(C)c1. The maximum atomic E-state index is 14.4. The number of carboxylic acid groups (broad SMARTS) is 1. The minimum absolute atomic E-state index is 0.0404. The number of carboxylic acids is 1. The van der Waals surface area contributed by atoms with Crippen LogP contribution in [0.5, 0.6) is 5.75 Å². The van der Waals surface area contributed by atoms with Crippen LogP contribution in [0.1, 0.15) is 81.4 Å². The van der Waals surface area contributed by atoms with Gasteiger partial charge >= 0.3 is 5.97 Å². The van der Waals surface area contributed by atoms with Gasteiger partial charge in [0.2, 0.25) is 17.7 Å². The molecule has 242 valence electrons. The number of likely N-dealkylation sites (tertiary alicyclic amines) is 2. The lowest BCUT2D eigenvalue weighted by molar-refractivity contribution is -0.143. The molecular formula is C35H44FN3O6. The summed E-state index contributed by atoms with van der Waals surface area (Å²) in [5, 5.41) is 10.6. The highest BCUT2D eigenvalue weighted by molar-refractivity contribution is 6.02. The minimum atomic E-state index is -0.975. The lowest BCUT2D eigenvalue weighted by Gasteiger charge is -2.35. The summed E-state index contributed by atoms with van der Waals surface area (Å²) in [5.41, 5.74) is 2.99. The topological polar surface area (TPSA) is 107 Å². The molecule has 5 rings (SSSR count). The number of anilines is 1. The highest BCUT2D eigenvalue weighted by atomic mass is 19.1. The molecule has 0 radical (unpaired) electrons. The Balaban J connectivity index is 1.49. The first-order chi connectivity index (χ1) is 21.6. The Kier molecular flexibility index (Phi) is 10.2. The van der Waals surface area contributed by atoms with Crippen molar-refractivity contribution in [2.45, 2.75) is 90.1 Å². The smallest absolute Gasteiger partial charge is 0.308 e. The fourth-order valence-electron chi connectivity index (χ4n) is 7.42. The summed E-state index contributed by atoms with van der Waals surface area (Å²) >= 11 is 0. The van der Waals surface area contributed by atoms with Crippen LogP contribution in [0, 0.1) is 18.7 Å². The third-order valence-electron chi connectivity index (χ3n) is 9.61. The van der Waals surface area contributed by atoms with Crippen LogP contribution in [-0.4, -0.2) is 76.9 Å². The molecule has 0 aromatic heterocycles. The quantitative estimate of drug-likeness (QED) is 0.311. The summed E-state index contributed by atoms with van der Waals surface area (Å²) in [7, 11) is 0. The summed E-state index contributed by atoms with van der Waals surface area (Å²) in [6, 6.07) is 9.86. The molecule has 3 aliphatic rings. The molecule has 2 saturated heterocycles. The van der Waals surface area contributed by atoms with Crippen LogP contribution < -0.4 is 9.64 Å². The van der Waals surface area contributed by atoms with E-state index in [1.165, 1.54) is 11.0 Å². The lowest BCUT2D eigenvalue weighted by Crippen LogP contribution is -2.48. The van der Waals surface area contributed by atoms with Crippen LogP contribution in [0.2, 0.25) is 0 Å². The van der Waals surface area contributed by atoms with Crippen molar-refractivity contribution in [3.05, 3.63) is 58.9 Å². The Morgan fingerprint density at radius 3 is 2.40 bits per heavy atom. The molecular weight excluding hydrogens is 577 g/mol.